The molecule has 7 heteroatoms. The van der Waals surface area contributed by atoms with Crippen molar-refractivity contribution in [3.05, 3.63) is 48.0 Å². The average molecular weight is 425 g/mol. The van der Waals surface area contributed by atoms with E-state index >= 15 is 0 Å². The predicted octanol–water partition coefficient (Wildman–Crippen LogP) is 4.86. The molecule has 2 aromatic carbocycles. The van der Waals surface area contributed by atoms with E-state index in [-0.39, 0.29) is 18.0 Å². The summed E-state index contributed by atoms with van der Waals surface area (Å²) in [4.78, 5) is 27.3. The van der Waals surface area contributed by atoms with Crippen molar-refractivity contribution >= 4 is 29.0 Å². The van der Waals surface area contributed by atoms with E-state index in [0.29, 0.717) is 23.5 Å². The summed E-state index contributed by atoms with van der Waals surface area (Å²) < 4.78 is 5.41. The first kappa shape index (κ1) is 22.5. The number of hydrogen-bond acceptors (Lipinski definition) is 4. The monoisotopic (exact) mass is 424 g/mol. The topological polar surface area (TPSA) is 82.7 Å². The highest BCUT2D eigenvalue weighted by Gasteiger charge is 2.20. The van der Waals surface area contributed by atoms with E-state index in [4.69, 9.17) is 4.74 Å². The van der Waals surface area contributed by atoms with E-state index < -0.39 is 0 Å². The zero-order valence-corrected chi connectivity index (χ0v) is 18.5. The molecule has 1 saturated carbocycles. The summed E-state index contributed by atoms with van der Waals surface area (Å²) in [5.74, 6) is 0.646. The zero-order chi connectivity index (χ0) is 22.2. The van der Waals surface area contributed by atoms with Gasteiger partial charge in [0.1, 0.15) is 5.75 Å². The highest BCUT2D eigenvalue weighted by Crippen LogP contribution is 2.25. The summed E-state index contributed by atoms with van der Waals surface area (Å²) in [7, 11) is 3.80. The Morgan fingerprint density at radius 1 is 0.968 bits per heavy atom. The van der Waals surface area contributed by atoms with Crippen LogP contribution in [-0.4, -0.2) is 38.7 Å². The lowest BCUT2D eigenvalue weighted by atomic mass is 9.95. The number of amides is 3. The van der Waals surface area contributed by atoms with E-state index in [1.165, 1.54) is 6.42 Å². The van der Waals surface area contributed by atoms with Crippen LogP contribution in [0.15, 0.2) is 42.5 Å². The number of rotatable bonds is 7. The number of benzene rings is 2. The molecule has 1 aliphatic carbocycles. The van der Waals surface area contributed by atoms with Crippen molar-refractivity contribution < 1.29 is 14.3 Å². The molecule has 2 aromatic rings. The fraction of sp³-hybridized carbons (Fsp3) is 0.417. The summed E-state index contributed by atoms with van der Waals surface area (Å²) in [5, 5.41) is 8.77. The van der Waals surface area contributed by atoms with Crippen LogP contribution in [0, 0.1) is 0 Å². The molecule has 3 rings (SSSR count). The summed E-state index contributed by atoms with van der Waals surface area (Å²) in [6.45, 7) is 2.51. The van der Waals surface area contributed by atoms with Crippen LogP contribution in [0.1, 0.15) is 49.4 Å². The molecule has 31 heavy (non-hydrogen) atoms. The van der Waals surface area contributed by atoms with Crippen molar-refractivity contribution in [2.24, 2.45) is 0 Å². The lowest BCUT2D eigenvalue weighted by Crippen LogP contribution is -2.36. The lowest BCUT2D eigenvalue weighted by Gasteiger charge is -2.24. The minimum absolute atomic E-state index is 0.105. The molecule has 7 nitrogen and oxygen atoms in total. The highest BCUT2D eigenvalue weighted by atomic mass is 16.5. The third-order valence-corrected chi connectivity index (χ3v) is 5.34. The maximum Gasteiger partial charge on any atom is 0.323 e. The molecule has 0 aromatic heterocycles. The lowest BCUT2D eigenvalue weighted by molar-refractivity contribution is 0.0928. The van der Waals surface area contributed by atoms with Gasteiger partial charge in [0.05, 0.1) is 12.2 Å². The minimum atomic E-state index is -0.375. The fourth-order valence-electron chi connectivity index (χ4n) is 3.79. The standard InChI is InChI=1S/C24H32N4O3/c1-4-31-20-13-10-18(11-14-20)26-24(30)27-19-12-15-22(28(2)3)21(16-19)23(29)25-17-8-6-5-7-9-17/h10-17H,4-9H2,1-3H3,(H,25,29)(H2,26,27,30). The Balaban J connectivity index is 1.68. The van der Waals surface area contributed by atoms with Crippen LogP contribution >= 0.6 is 0 Å². The molecule has 1 fully saturated rings. The fourth-order valence-corrected chi connectivity index (χ4v) is 3.79. The van der Waals surface area contributed by atoms with Gasteiger partial charge in [-0.25, -0.2) is 4.79 Å². The van der Waals surface area contributed by atoms with Crippen molar-refractivity contribution in [1.29, 1.82) is 0 Å². The van der Waals surface area contributed by atoms with Crippen LogP contribution in [0.25, 0.3) is 0 Å². The third kappa shape index (κ3) is 6.38. The van der Waals surface area contributed by atoms with Crippen LogP contribution in [0.5, 0.6) is 5.75 Å². The van der Waals surface area contributed by atoms with Gasteiger partial charge in [-0.15, -0.1) is 0 Å². The molecule has 0 aliphatic heterocycles. The predicted molar refractivity (Wildman–Crippen MR) is 125 cm³/mol. The first-order chi connectivity index (χ1) is 15.0. The van der Waals surface area contributed by atoms with Crippen LogP contribution < -0.4 is 25.6 Å². The van der Waals surface area contributed by atoms with Crippen molar-refractivity contribution in [3.63, 3.8) is 0 Å². The Hall–Kier alpha value is -3.22. The molecular weight excluding hydrogens is 392 g/mol. The second kappa shape index (κ2) is 10.7. The van der Waals surface area contributed by atoms with Crippen molar-refractivity contribution in [3.8, 4) is 5.75 Å². The second-order valence-corrected chi connectivity index (χ2v) is 7.97. The summed E-state index contributed by atoms with van der Waals surface area (Å²) >= 11 is 0. The van der Waals surface area contributed by atoms with Gasteiger partial charge in [-0.3, -0.25) is 4.79 Å². The van der Waals surface area contributed by atoms with Crippen LogP contribution in [0.3, 0.4) is 0 Å². The minimum Gasteiger partial charge on any atom is -0.494 e. The quantitative estimate of drug-likeness (QED) is 0.593. The Labute approximate surface area is 184 Å². The number of nitrogens with one attached hydrogen (secondary N) is 3. The molecular formula is C24H32N4O3. The summed E-state index contributed by atoms with van der Waals surface area (Å²) in [6, 6.07) is 12.4. The van der Waals surface area contributed by atoms with Crippen LogP contribution in [0.4, 0.5) is 21.9 Å². The average Bonchev–Trinajstić information content (AvgIpc) is 2.75. The van der Waals surface area contributed by atoms with E-state index in [1.54, 1.807) is 36.4 Å². The van der Waals surface area contributed by atoms with Crippen LogP contribution in [0.2, 0.25) is 0 Å². The molecule has 0 bridgehead atoms. The summed E-state index contributed by atoms with van der Waals surface area (Å²) in [5.41, 5.74) is 2.57. The first-order valence-corrected chi connectivity index (χ1v) is 10.9. The van der Waals surface area contributed by atoms with Gasteiger partial charge in [0.25, 0.3) is 5.91 Å². The number of nitrogens with zero attached hydrogens (tertiary/aromatic N) is 1. The van der Waals surface area contributed by atoms with Gasteiger partial charge in [0, 0.05) is 37.2 Å². The van der Waals surface area contributed by atoms with E-state index in [0.717, 1.165) is 37.1 Å². The first-order valence-electron chi connectivity index (χ1n) is 10.9. The number of anilines is 3. The van der Waals surface area contributed by atoms with Crippen molar-refractivity contribution in [2.75, 3.05) is 36.2 Å². The van der Waals surface area contributed by atoms with Gasteiger partial charge in [-0.2, -0.15) is 0 Å². The van der Waals surface area contributed by atoms with Gasteiger partial charge in [0.2, 0.25) is 0 Å². The van der Waals surface area contributed by atoms with Gasteiger partial charge in [-0.05, 0) is 62.2 Å². The number of carbonyl (C=O) groups is 2. The van der Waals surface area contributed by atoms with Gasteiger partial charge < -0.3 is 25.6 Å². The van der Waals surface area contributed by atoms with Gasteiger partial charge >= 0.3 is 6.03 Å². The molecule has 3 amide bonds. The number of carbonyl (C=O) groups excluding carboxylic acids is 2. The Bertz CT molecular complexity index is 890. The molecule has 1 aliphatic rings. The van der Waals surface area contributed by atoms with E-state index in [2.05, 4.69) is 16.0 Å². The smallest absolute Gasteiger partial charge is 0.323 e. The molecule has 166 valence electrons. The largest absolute Gasteiger partial charge is 0.494 e. The zero-order valence-electron chi connectivity index (χ0n) is 18.5. The van der Waals surface area contributed by atoms with Gasteiger partial charge in [-0.1, -0.05) is 19.3 Å². The third-order valence-electron chi connectivity index (χ3n) is 5.34. The molecule has 0 radical (unpaired) electrons. The summed E-state index contributed by atoms with van der Waals surface area (Å²) in [6.07, 6.45) is 5.58. The number of urea groups is 1. The van der Waals surface area contributed by atoms with Gasteiger partial charge in [0.15, 0.2) is 0 Å². The van der Waals surface area contributed by atoms with Crippen molar-refractivity contribution in [2.45, 2.75) is 45.1 Å². The molecule has 0 heterocycles. The Morgan fingerprint density at radius 2 is 1.61 bits per heavy atom. The SMILES string of the molecule is CCOc1ccc(NC(=O)Nc2ccc(N(C)C)c(C(=O)NC3CCCCC3)c2)cc1. The maximum absolute atomic E-state index is 13.0. The van der Waals surface area contributed by atoms with Crippen molar-refractivity contribution in [1.82, 2.24) is 5.32 Å². The molecule has 0 atom stereocenters. The normalized spacial score (nSPS) is 13.9. The van der Waals surface area contributed by atoms with Crippen LogP contribution in [-0.2, 0) is 0 Å². The molecule has 0 spiro atoms. The Morgan fingerprint density at radius 3 is 2.26 bits per heavy atom. The number of ether oxygens (including phenoxy) is 1. The highest BCUT2D eigenvalue weighted by molar-refractivity contribution is 6.04. The molecule has 0 unspecified atom stereocenters. The number of hydrogen-bond donors (Lipinski definition) is 3. The second-order valence-electron chi connectivity index (χ2n) is 7.97. The van der Waals surface area contributed by atoms with E-state index in [1.807, 2.05) is 32.0 Å². The maximum atomic E-state index is 13.0. The Kier molecular flexibility index (Phi) is 7.76. The molecule has 3 N–H and O–H groups in total. The van der Waals surface area contributed by atoms with E-state index in [9.17, 15) is 9.59 Å². The molecule has 0 saturated heterocycles.